The molecule has 0 N–H and O–H groups in total. The first-order valence-corrected chi connectivity index (χ1v) is 3.29. The van der Waals surface area contributed by atoms with E-state index in [1.807, 2.05) is 20.8 Å². The Balaban J connectivity index is 2.69. The van der Waals surface area contributed by atoms with Crippen molar-refractivity contribution in [3.05, 3.63) is 0 Å². The van der Waals surface area contributed by atoms with Gasteiger partial charge in [-0.1, -0.05) is 5.92 Å². The van der Waals surface area contributed by atoms with Crippen LogP contribution in [0, 0.1) is 12.3 Å². The minimum atomic E-state index is -0.524. The van der Waals surface area contributed by atoms with Gasteiger partial charge in [-0.25, -0.2) is 0 Å². The fraction of sp³-hybridized carbons (Fsp3) is 0.750. The molecule has 0 spiro atoms. The Morgan fingerprint density at radius 2 is 2.00 bits per heavy atom. The number of hydrogen-bond donors (Lipinski definition) is 0. The molecule has 0 amide bonds. The van der Waals surface area contributed by atoms with Crippen LogP contribution >= 0.6 is 0 Å². The molecule has 0 saturated carbocycles. The Morgan fingerprint density at radius 3 is 2.20 bits per heavy atom. The van der Waals surface area contributed by atoms with E-state index in [9.17, 15) is 0 Å². The molecule has 2 heteroatoms. The van der Waals surface area contributed by atoms with Gasteiger partial charge in [0.2, 0.25) is 0 Å². The first kappa shape index (κ1) is 7.59. The highest BCUT2D eigenvalue weighted by Gasteiger charge is 2.40. The molecule has 56 valence electrons. The molecule has 0 aromatic heterocycles. The van der Waals surface area contributed by atoms with E-state index in [1.165, 1.54) is 0 Å². The fourth-order valence-corrected chi connectivity index (χ4v) is 0.984. The summed E-state index contributed by atoms with van der Waals surface area (Å²) in [5.41, 5.74) is -0.524. The molecule has 1 aliphatic heterocycles. The second-order valence-corrected chi connectivity index (χ2v) is 3.17. The smallest absolute Gasteiger partial charge is 0.165 e. The highest BCUT2D eigenvalue weighted by Crippen LogP contribution is 2.29. The largest absolute Gasteiger partial charge is 0.346 e. The van der Waals surface area contributed by atoms with Gasteiger partial charge in [-0.15, -0.1) is 6.42 Å². The summed E-state index contributed by atoms with van der Waals surface area (Å²) < 4.78 is 10.7. The van der Waals surface area contributed by atoms with Crippen molar-refractivity contribution in [3.8, 4) is 12.3 Å². The molecule has 0 bridgehead atoms. The summed E-state index contributed by atoms with van der Waals surface area (Å²) in [5.74, 6) is 2.04. The van der Waals surface area contributed by atoms with E-state index in [1.54, 1.807) is 0 Å². The summed E-state index contributed by atoms with van der Waals surface area (Å²) in [6, 6.07) is 0. The van der Waals surface area contributed by atoms with Crippen molar-refractivity contribution < 1.29 is 9.47 Å². The van der Waals surface area contributed by atoms with Crippen molar-refractivity contribution in [2.45, 2.75) is 32.2 Å². The van der Waals surface area contributed by atoms with Crippen molar-refractivity contribution in [1.82, 2.24) is 0 Å². The molecule has 1 atom stereocenters. The van der Waals surface area contributed by atoms with Gasteiger partial charge in [-0.2, -0.15) is 0 Å². The number of ether oxygens (including phenoxy) is 2. The third kappa shape index (κ3) is 1.31. The summed E-state index contributed by atoms with van der Waals surface area (Å²) in [7, 11) is 0. The van der Waals surface area contributed by atoms with Crippen LogP contribution in [0.1, 0.15) is 20.8 Å². The second-order valence-electron chi connectivity index (χ2n) is 3.17. The lowest BCUT2D eigenvalue weighted by atomic mass is 10.1. The molecule has 1 unspecified atom stereocenters. The SMILES string of the molecule is C#CC1(C)COC(C)(C)O1. The van der Waals surface area contributed by atoms with Crippen LogP contribution in [0.2, 0.25) is 0 Å². The van der Waals surface area contributed by atoms with Crippen LogP contribution in [0.5, 0.6) is 0 Å². The van der Waals surface area contributed by atoms with Gasteiger partial charge in [0.05, 0.1) is 6.61 Å². The number of terminal acetylenes is 1. The van der Waals surface area contributed by atoms with Gasteiger partial charge in [-0.05, 0) is 20.8 Å². The Hall–Kier alpha value is -0.520. The molecule has 0 aliphatic carbocycles. The maximum absolute atomic E-state index is 5.43. The van der Waals surface area contributed by atoms with Crippen molar-refractivity contribution in [1.29, 1.82) is 0 Å². The normalized spacial score (nSPS) is 37.4. The molecule has 1 aliphatic rings. The molecule has 1 rings (SSSR count). The fourth-order valence-electron chi connectivity index (χ4n) is 0.984. The molecule has 1 saturated heterocycles. The average Bonchev–Trinajstić information content (AvgIpc) is 2.08. The quantitative estimate of drug-likeness (QED) is 0.470. The summed E-state index contributed by atoms with van der Waals surface area (Å²) in [6.07, 6.45) is 5.23. The lowest BCUT2D eigenvalue weighted by Gasteiger charge is -2.19. The van der Waals surface area contributed by atoms with Crippen LogP contribution in [-0.2, 0) is 9.47 Å². The van der Waals surface area contributed by atoms with E-state index in [-0.39, 0.29) is 0 Å². The molecule has 0 aromatic rings. The summed E-state index contributed by atoms with van der Waals surface area (Å²) in [5, 5.41) is 0. The second kappa shape index (κ2) is 1.98. The topological polar surface area (TPSA) is 18.5 Å². The van der Waals surface area contributed by atoms with E-state index < -0.39 is 11.4 Å². The van der Waals surface area contributed by atoms with Crippen LogP contribution in [0.25, 0.3) is 0 Å². The third-order valence-electron chi connectivity index (χ3n) is 1.47. The summed E-state index contributed by atoms with van der Waals surface area (Å²) in [6.45, 7) is 6.05. The maximum Gasteiger partial charge on any atom is 0.165 e. The average molecular weight is 140 g/mol. The monoisotopic (exact) mass is 140 g/mol. The zero-order valence-corrected chi connectivity index (χ0v) is 6.60. The Morgan fingerprint density at radius 1 is 1.40 bits per heavy atom. The van der Waals surface area contributed by atoms with E-state index >= 15 is 0 Å². The molecule has 0 aromatic carbocycles. The molecule has 0 radical (unpaired) electrons. The van der Waals surface area contributed by atoms with Gasteiger partial charge >= 0.3 is 0 Å². The first-order chi connectivity index (χ1) is 4.47. The minimum Gasteiger partial charge on any atom is -0.346 e. The van der Waals surface area contributed by atoms with Gasteiger partial charge in [0, 0.05) is 0 Å². The highest BCUT2D eigenvalue weighted by molar-refractivity contribution is 5.08. The summed E-state index contributed by atoms with van der Waals surface area (Å²) >= 11 is 0. The molecular weight excluding hydrogens is 128 g/mol. The Bertz CT molecular complexity index is 178. The predicted molar refractivity (Wildman–Crippen MR) is 38.4 cm³/mol. The Kier molecular flexibility index (Phi) is 1.50. The zero-order valence-electron chi connectivity index (χ0n) is 6.60. The van der Waals surface area contributed by atoms with Crippen molar-refractivity contribution >= 4 is 0 Å². The number of hydrogen-bond acceptors (Lipinski definition) is 2. The van der Waals surface area contributed by atoms with Crippen molar-refractivity contribution in [3.63, 3.8) is 0 Å². The lowest BCUT2D eigenvalue weighted by molar-refractivity contribution is -0.146. The van der Waals surface area contributed by atoms with Gasteiger partial charge in [-0.3, -0.25) is 0 Å². The van der Waals surface area contributed by atoms with E-state index in [0.29, 0.717) is 6.61 Å². The highest BCUT2D eigenvalue weighted by atomic mass is 16.7. The third-order valence-corrected chi connectivity index (χ3v) is 1.47. The van der Waals surface area contributed by atoms with E-state index in [4.69, 9.17) is 15.9 Å². The van der Waals surface area contributed by atoms with E-state index in [0.717, 1.165) is 0 Å². The van der Waals surface area contributed by atoms with Gasteiger partial charge in [0.25, 0.3) is 0 Å². The molecule has 1 fully saturated rings. The minimum absolute atomic E-state index is 0.483. The zero-order chi connectivity index (χ0) is 7.83. The maximum atomic E-state index is 5.43. The predicted octanol–water partition coefficient (Wildman–Crippen LogP) is 1.16. The Labute approximate surface area is 61.5 Å². The standard InChI is InChI=1S/C8H12O2/c1-5-8(4)6-9-7(2,3)10-8/h1H,6H2,2-4H3. The lowest BCUT2D eigenvalue weighted by Crippen LogP contribution is -2.28. The molecule has 10 heavy (non-hydrogen) atoms. The van der Waals surface area contributed by atoms with Crippen molar-refractivity contribution in [2.24, 2.45) is 0 Å². The van der Waals surface area contributed by atoms with Crippen LogP contribution in [0.3, 0.4) is 0 Å². The van der Waals surface area contributed by atoms with Crippen LogP contribution in [0.15, 0.2) is 0 Å². The van der Waals surface area contributed by atoms with Gasteiger partial charge in [0.1, 0.15) is 0 Å². The molecule has 1 heterocycles. The van der Waals surface area contributed by atoms with Gasteiger partial charge in [0.15, 0.2) is 11.4 Å². The van der Waals surface area contributed by atoms with Crippen LogP contribution in [-0.4, -0.2) is 18.0 Å². The molecular formula is C8H12O2. The van der Waals surface area contributed by atoms with Crippen LogP contribution < -0.4 is 0 Å². The van der Waals surface area contributed by atoms with Crippen LogP contribution in [0.4, 0.5) is 0 Å². The van der Waals surface area contributed by atoms with E-state index in [2.05, 4.69) is 5.92 Å². The van der Waals surface area contributed by atoms with Crippen molar-refractivity contribution in [2.75, 3.05) is 6.61 Å². The first-order valence-electron chi connectivity index (χ1n) is 3.29. The summed E-state index contributed by atoms with van der Waals surface area (Å²) in [4.78, 5) is 0. The number of rotatable bonds is 0. The van der Waals surface area contributed by atoms with Gasteiger partial charge < -0.3 is 9.47 Å². The molecule has 2 nitrogen and oxygen atoms in total.